The van der Waals surface area contributed by atoms with E-state index in [1.54, 1.807) is 18.5 Å². The summed E-state index contributed by atoms with van der Waals surface area (Å²) in [6.07, 6.45) is 3.48. The van der Waals surface area contributed by atoms with Gasteiger partial charge >= 0.3 is 5.97 Å². The zero-order valence-corrected chi connectivity index (χ0v) is 14.9. The molecule has 2 aromatic carbocycles. The fraction of sp³-hybridized carbons (Fsp3) is 0.0952. The SMILES string of the molecule is O=C(O)c1n[nH]c2ccc(NCc3ccccc3OCc3ccncc3)cc12. The lowest BCUT2D eigenvalue weighted by Crippen LogP contribution is -2.04. The number of rotatable bonds is 7. The number of hydrogen-bond donors (Lipinski definition) is 3. The second-order valence-electron chi connectivity index (χ2n) is 6.24. The lowest BCUT2D eigenvalue weighted by molar-refractivity contribution is 0.0692. The van der Waals surface area contributed by atoms with E-state index in [1.807, 2.05) is 48.5 Å². The summed E-state index contributed by atoms with van der Waals surface area (Å²) in [6, 6.07) is 17.1. The van der Waals surface area contributed by atoms with Crippen LogP contribution < -0.4 is 10.1 Å². The number of pyridine rings is 1. The zero-order chi connectivity index (χ0) is 19.3. The first-order valence-electron chi connectivity index (χ1n) is 8.75. The Hall–Kier alpha value is -3.87. The molecule has 0 spiro atoms. The number of benzene rings is 2. The van der Waals surface area contributed by atoms with Crippen LogP contribution in [0.2, 0.25) is 0 Å². The van der Waals surface area contributed by atoms with Crippen LogP contribution in [-0.2, 0) is 13.2 Å². The van der Waals surface area contributed by atoms with E-state index in [1.165, 1.54) is 0 Å². The van der Waals surface area contributed by atoms with Crippen LogP contribution in [0.5, 0.6) is 5.75 Å². The second kappa shape index (κ2) is 7.79. The standard InChI is InChI=1S/C21H18N4O3/c26-21(27)20-17-11-16(5-6-18(17)24-25-20)23-12-15-3-1-2-4-19(15)28-13-14-7-9-22-10-8-14/h1-11,23H,12-13H2,(H,24,25)(H,26,27). The molecule has 2 heterocycles. The van der Waals surface area contributed by atoms with E-state index in [2.05, 4.69) is 20.5 Å². The Bertz CT molecular complexity index is 1110. The average molecular weight is 374 g/mol. The van der Waals surface area contributed by atoms with Crippen LogP contribution in [0.3, 0.4) is 0 Å². The summed E-state index contributed by atoms with van der Waals surface area (Å²) in [6.45, 7) is 1.00. The van der Waals surface area contributed by atoms with Gasteiger partial charge in [-0.3, -0.25) is 10.1 Å². The van der Waals surface area contributed by atoms with E-state index >= 15 is 0 Å². The number of carboxylic acids is 1. The summed E-state index contributed by atoms with van der Waals surface area (Å²) in [7, 11) is 0. The van der Waals surface area contributed by atoms with E-state index in [0.717, 1.165) is 22.6 Å². The van der Waals surface area contributed by atoms with Gasteiger partial charge in [0.2, 0.25) is 0 Å². The predicted molar refractivity (Wildman–Crippen MR) is 105 cm³/mol. The van der Waals surface area contributed by atoms with E-state index in [9.17, 15) is 9.90 Å². The van der Waals surface area contributed by atoms with E-state index in [-0.39, 0.29) is 5.69 Å². The molecule has 0 aliphatic heterocycles. The van der Waals surface area contributed by atoms with Gasteiger partial charge in [0.05, 0.1) is 5.52 Å². The highest BCUT2D eigenvalue weighted by Gasteiger charge is 2.13. The van der Waals surface area contributed by atoms with Crippen LogP contribution in [0.4, 0.5) is 5.69 Å². The Labute approximate surface area is 161 Å². The lowest BCUT2D eigenvalue weighted by atomic mass is 10.1. The number of aromatic carboxylic acids is 1. The molecule has 0 aliphatic carbocycles. The number of ether oxygens (including phenoxy) is 1. The summed E-state index contributed by atoms with van der Waals surface area (Å²) in [4.78, 5) is 15.3. The number of nitrogens with zero attached hydrogens (tertiary/aromatic N) is 2. The minimum atomic E-state index is -1.06. The van der Waals surface area contributed by atoms with Crippen LogP contribution in [0.15, 0.2) is 67.0 Å². The van der Waals surface area contributed by atoms with Gasteiger partial charge in [-0.15, -0.1) is 0 Å². The van der Waals surface area contributed by atoms with Crippen molar-refractivity contribution in [2.24, 2.45) is 0 Å². The summed E-state index contributed by atoms with van der Waals surface area (Å²) in [5, 5.41) is 19.7. The van der Waals surface area contributed by atoms with Gasteiger partial charge in [-0.25, -0.2) is 4.79 Å². The predicted octanol–water partition coefficient (Wildman–Crippen LogP) is 3.85. The number of aromatic amines is 1. The van der Waals surface area contributed by atoms with Gasteiger partial charge in [-0.05, 0) is 42.0 Å². The molecule has 0 fully saturated rings. The van der Waals surface area contributed by atoms with Gasteiger partial charge in [-0.1, -0.05) is 18.2 Å². The first kappa shape index (κ1) is 17.5. The maximum Gasteiger partial charge on any atom is 0.357 e. The molecule has 7 nitrogen and oxygen atoms in total. The molecule has 0 bridgehead atoms. The molecule has 0 saturated heterocycles. The molecule has 140 valence electrons. The molecule has 0 saturated carbocycles. The highest BCUT2D eigenvalue weighted by molar-refractivity contribution is 6.01. The Kier molecular flexibility index (Phi) is 4.88. The van der Waals surface area contributed by atoms with E-state index in [4.69, 9.17) is 4.74 Å². The molecule has 0 amide bonds. The number of hydrogen-bond acceptors (Lipinski definition) is 5. The molecule has 0 unspecified atom stereocenters. The number of carbonyl (C=O) groups is 1. The second-order valence-corrected chi connectivity index (χ2v) is 6.24. The molecule has 4 rings (SSSR count). The lowest BCUT2D eigenvalue weighted by Gasteiger charge is -2.13. The van der Waals surface area contributed by atoms with Crippen molar-refractivity contribution >= 4 is 22.6 Å². The van der Waals surface area contributed by atoms with Crippen molar-refractivity contribution in [3.8, 4) is 5.75 Å². The first-order chi connectivity index (χ1) is 13.7. The van der Waals surface area contributed by atoms with Crippen LogP contribution >= 0.6 is 0 Å². The molecule has 7 heteroatoms. The van der Waals surface area contributed by atoms with Crippen LogP contribution in [-0.4, -0.2) is 26.3 Å². The van der Waals surface area contributed by atoms with Crippen molar-refractivity contribution in [1.82, 2.24) is 15.2 Å². The molecule has 0 aliphatic rings. The van der Waals surface area contributed by atoms with Crippen molar-refractivity contribution < 1.29 is 14.6 Å². The fourth-order valence-electron chi connectivity index (χ4n) is 2.92. The van der Waals surface area contributed by atoms with Gasteiger partial charge in [-0.2, -0.15) is 5.10 Å². The number of carboxylic acid groups (broad SMARTS) is 1. The third-order valence-electron chi connectivity index (χ3n) is 4.36. The van der Waals surface area contributed by atoms with Crippen molar-refractivity contribution in [3.05, 3.63) is 83.8 Å². The van der Waals surface area contributed by atoms with Crippen molar-refractivity contribution in [3.63, 3.8) is 0 Å². The number of fused-ring (bicyclic) bond motifs is 1. The minimum absolute atomic E-state index is 0.0136. The first-order valence-corrected chi connectivity index (χ1v) is 8.75. The molecule has 2 aromatic heterocycles. The van der Waals surface area contributed by atoms with Gasteiger partial charge < -0.3 is 15.2 Å². The van der Waals surface area contributed by atoms with Gasteiger partial charge in [0.25, 0.3) is 0 Å². The van der Waals surface area contributed by atoms with E-state index < -0.39 is 5.97 Å². The molecule has 4 aromatic rings. The third kappa shape index (κ3) is 3.78. The van der Waals surface area contributed by atoms with Crippen LogP contribution in [0, 0.1) is 0 Å². The quantitative estimate of drug-likeness (QED) is 0.454. The van der Waals surface area contributed by atoms with Crippen LogP contribution in [0.25, 0.3) is 10.9 Å². The Morgan fingerprint density at radius 1 is 1.11 bits per heavy atom. The Morgan fingerprint density at radius 2 is 1.93 bits per heavy atom. The summed E-state index contributed by atoms with van der Waals surface area (Å²) < 4.78 is 5.96. The van der Waals surface area contributed by atoms with Crippen molar-refractivity contribution in [1.29, 1.82) is 0 Å². The normalized spacial score (nSPS) is 10.7. The smallest absolute Gasteiger partial charge is 0.357 e. The fourth-order valence-corrected chi connectivity index (χ4v) is 2.92. The number of nitrogens with one attached hydrogen (secondary N) is 2. The zero-order valence-electron chi connectivity index (χ0n) is 14.9. The summed E-state index contributed by atoms with van der Waals surface area (Å²) in [5.41, 5.74) is 3.55. The number of anilines is 1. The highest BCUT2D eigenvalue weighted by atomic mass is 16.5. The highest BCUT2D eigenvalue weighted by Crippen LogP contribution is 2.24. The molecule has 0 atom stereocenters. The molecule has 28 heavy (non-hydrogen) atoms. The summed E-state index contributed by atoms with van der Waals surface area (Å²) in [5.74, 6) is -0.263. The molecule has 3 N–H and O–H groups in total. The number of para-hydroxylation sites is 1. The Morgan fingerprint density at radius 3 is 2.75 bits per heavy atom. The minimum Gasteiger partial charge on any atom is -0.489 e. The molecule has 0 radical (unpaired) electrons. The van der Waals surface area contributed by atoms with E-state index in [0.29, 0.717) is 24.1 Å². The van der Waals surface area contributed by atoms with Crippen molar-refractivity contribution in [2.45, 2.75) is 13.2 Å². The maximum atomic E-state index is 11.3. The molecular weight excluding hydrogens is 356 g/mol. The summed E-state index contributed by atoms with van der Waals surface area (Å²) >= 11 is 0. The van der Waals surface area contributed by atoms with Gasteiger partial charge in [0.1, 0.15) is 12.4 Å². The monoisotopic (exact) mass is 374 g/mol. The largest absolute Gasteiger partial charge is 0.489 e. The van der Waals surface area contributed by atoms with Gasteiger partial charge in [0.15, 0.2) is 5.69 Å². The number of H-pyrrole nitrogens is 1. The number of aromatic nitrogens is 3. The average Bonchev–Trinajstić information content (AvgIpc) is 3.15. The topological polar surface area (TPSA) is 100 Å². The molecular formula is C21H18N4O3. The van der Waals surface area contributed by atoms with Crippen LogP contribution in [0.1, 0.15) is 21.6 Å². The van der Waals surface area contributed by atoms with Gasteiger partial charge in [0, 0.05) is 35.6 Å². The maximum absolute atomic E-state index is 11.3. The third-order valence-corrected chi connectivity index (χ3v) is 4.36. The van der Waals surface area contributed by atoms with Crippen molar-refractivity contribution in [2.75, 3.05) is 5.32 Å². The Balaban J connectivity index is 1.48.